The van der Waals surface area contributed by atoms with Crippen molar-refractivity contribution >= 4 is 23.6 Å². The van der Waals surface area contributed by atoms with Gasteiger partial charge in [0, 0.05) is 11.7 Å². The number of β-lactam (4-membered cyclic amide) rings is 1. The summed E-state index contributed by atoms with van der Waals surface area (Å²) in [5, 5.41) is 3.27. The van der Waals surface area contributed by atoms with Gasteiger partial charge in [-0.05, 0) is 56.4 Å². The molecule has 1 atom stereocenters. The van der Waals surface area contributed by atoms with Crippen molar-refractivity contribution < 1.29 is 9.59 Å². The molecule has 1 saturated carbocycles. The second-order valence-electron chi connectivity index (χ2n) is 8.75. The molecule has 1 saturated heterocycles. The lowest BCUT2D eigenvalue weighted by Gasteiger charge is -2.52. The van der Waals surface area contributed by atoms with Crippen molar-refractivity contribution in [1.82, 2.24) is 5.32 Å². The summed E-state index contributed by atoms with van der Waals surface area (Å²) in [6.07, 6.45) is 6.57. The smallest absolute Gasteiger partial charge is 0.251 e. The Kier molecular flexibility index (Phi) is 5.50. The van der Waals surface area contributed by atoms with Gasteiger partial charge in [0.25, 0.3) is 5.91 Å². The van der Waals surface area contributed by atoms with Crippen LogP contribution in [-0.2, 0) is 9.59 Å². The Hall–Kier alpha value is -2.88. The summed E-state index contributed by atoms with van der Waals surface area (Å²) in [4.78, 5) is 28.3. The summed E-state index contributed by atoms with van der Waals surface area (Å²) in [6.45, 7) is 6.02. The van der Waals surface area contributed by atoms with Crippen molar-refractivity contribution in [1.29, 1.82) is 0 Å². The van der Waals surface area contributed by atoms with Crippen LogP contribution in [0.3, 0.4) is 0 Å². The highest BCUT2D eigenvalue weighted by Crippen LogP contribution is 2.44. The number of carbonyl (C=O) groups is 2. The minimum atomic E-state index is -0.977. The fourth-order valence-corrected chi connectivity index (χ4v) is 4.87. The molecular weight excluding hydrogens is 372 g/mol. The van der Waals surface area contributed by atoms with Gasteiger partial charge in [0.1, 0.15) is 0 Å². The third-order valence-electron chi connectivity index (χ3n) is 6.53. The number of amides is 2. The number of nitrogens with one attached hydrogen (secondary N) is 1. The summed E-state index contributed by atoms with van der Waals surface area (Å²) in [5.41, 5.74) is 3.91. The van der Waals surface area contributed by atoms with Gasteiger partial charge in [-0.25, -0.2) is 0 Å². The summed E-state index contributed by atoms with van der Waals surface area (Å²) < 4.78 is 0. The summed E-state index contributed by atoms with van der Waals surface area (Å²) in [6, 6.07) is 16.2. The average Bonchev–Trinajstić information content (AvgIpc) is 3.21. The zero-order valence-corrected chi connectivity index (χ0v) is 18.1. The van der Waals surface area contributed by atoms with Gasteiger partial charge in [-0.1, -0.05) is 66.9 Å². The van der Waals surface area contributed by atoms with E-state index in [1.807, 2.05) is 69.3 Å². The maximum Gasteiger partial charge on any atom is 0.251 e. The molecule has 2 aliphatic rings. The number of rotatable bonds is 5. The van der Waals surface area contributed by atoms with Gasteiger partial charge in [0.15, 0.2) is 5.54 Å². The van der Waals surface area contributed by atoms with Crippen LogP contribution in [-0.4, -0.2) is 23.4 Å². The van der Waals surface area contributed by atoms with Crippen LogP contribution in [0.1, 0.15) is 55.7 Å². The lowest BCUT2D eigenvalue weighted by molar-refractivity contribution is -0.138. The van der Waals surface area contributed by atoms with Crippen LogP contribution in [0.4, 0.5) is 5.69 Å². The molecule has 1 heterocycles. The van der Waals surface area contributed by atoms with E-state index in [1.54, 1.807) is 4.90 Å². The first-order chi connectivity index (χ1) is 14.4. The van der Waals surface area contributed by atoms with E-state index in [-0.39, 0.29) is 24.3 Å². The Labute approximate surface area is 179 Å². The van der Waals surface area contributed by atoms with Crippen LogP contribution < -0.4 is 10.2 Å². The van der Waals surface area contributed by atoms with E-state index in [0.717, 1.165) is 53.6 Å². The average molecular weight is 403 g/mol. The lowest BCUT2D eigenvalue weighted by atomic mass is 9.75. The maximum absolute atomic E-state index is 13.7. The number of hydrogen-bond donors (Lipinski definition) is 1. The van der Waals surface area contributed by atoms with Crippen molar-refractivity contribution in [3.05, 3.63) is 70.8 Å². The third kappa shape index (κ3) is 3.55. The van der Waals surface area contributed by atoms with Crippen molar-refractivity contribution in [2.45, 2.75) is 64.5 Å². The first-order valence-electron chi connectivity index (χ1n) is 10.9. The van der Waals surface area contributed by atoms with E-state index < -0.39 is 5.54 Å². The third-order valence-corrected chi connectivity index (χ3v) is 6.53. The van der Waals surface area contributed by atoms with Crippen LogP contribution in [0.15, 0.2) is 54.1 Å². The Morgan fingerprint density at radius 3 is 2.43 bits per heavy atom. The van der Waals surface area contributed by atoms with E-state index in [1.165, 1.54) is 0 Å². The summed E-state index contributed by atoms with van der Waals surface area (Å²) >= 11 is 0. The zero-order valence-electron chi connectivity index (χ0n) is 18.1. The van der Waals surface area contributed by atoms with E-state index in [4.69, 9.17) is 0 Å². The largest absolute Gasteiger partial charge is 0.351 e. The van der Waals surface area contributed by atoms with Crippen LogP contribution >= 0.6 is 0 Å². The van der Waals surface area contributed by atoms with E-state index >= 15 is 0 Å². The van der Waals surface area contributed by atoms with Crippen molar-refractivity contribution in [3.63, 3.8) is 0 Å². The molecule has 2 aromatic rings. The first kappa shape index (κ1) is 20.4. The highest BCUT2D eigenvalue weighted by Gasteiger charge is 2.58. The molecule has 4 nitrogen and oxygen atoms in total. The number of aryl methyl sites for hydroxylation is 2. The van der Waals surface area contributed by atoms with Gasteiger partial charge < -0.3 is 5.32 Å². The molecule has 2 amide bonds. The standard InChI is InChI=1S/C26H30N2O2/c1-18-13-14-23(19(2)15-18)28-24(29)17-26(28,25(30)27-22-11-7-8-12-22)20(3)16-21-9-5-4-6-10-21/h4-6,9-10,13-16,22H,7-8,11-12,17H2,1-3H3,(H,27,30)/b20-16+/t26-/m0/s1. The van der Waals surface area contributed by atoms with Gasteiger partial charge >= 0.3 is 0 Å². The molecule has 2 aromatic carbocycles. The van der Waals surface area contributed by atoms with Gasteiger partial charge in [0.05, 0.1) is 6.42 Å². The molecule has 1 N–H and O–H groups in total. The predicted molar refractivity (Wildman–Crippen MR) is 121 cm³/mol. The molecule has 2 fully saturated rings. The molecule has 0 bridgehead atoms. The molecule has 0 unspecified atom stereocenters. The second-order valence-corrected chi connectivity index (χ2v) is 8.75. The van der Waals surface area contributed by atoms with Crippen LogP contribution in [0, 0.1) is 13.8 Å². The van der Waals surface area contributed by atoms with E-state index in [0.29, 0.717) is 0 Å². The van der Waals surface area contributed by atoms with Crippen molar-refractivity contribution in [3.8, 4) is 0 Å². The summed E-state index contributed by atoms with van der Waals surface area (Å²) in [5.74, 6) is -0.0667. The number of benzene rings is 2. The topological polar surface area (TPSA) is 49.4 Å². The fourth-order valence-electron chi connectivity index (χ4n) is 4.87. The fraction of sp³-hybridized carbons (Fsp3) is 0.385. The van der Waals surface area contributed by atoms with Crippen LogP contribution in [0.2, 0.25) is 0 Å². The number of carbonyl (C=O) groups excluding carboxylic acids is 2. The molecule has 1 aliphatic carbocycles. The highest BCUT2D eigenvalue weighted by atomic mass is 16.2. The SMILES string of the molecule is C/C(=C\c1ccccc1)[C@]1(C(=O)NC2CCCC2)CC(=O)N1c1ccc(C)cc1C. The molecular formula is C26H30N2O2. The van der Waals surface area contributed by atoms with Crippen molar-refractivity contribution in [2.24, 2.45) is 0 Å². The summed E-state index contributed by atoms with van der Waals surface area (Å²) in [7, 11) is 0. The molecule has 1 aliphatic heterocycles. The van der Waals surface area contributed by atoms with Crippen LogP contribution in [0.25, 0.3) is 6.08 Å². The number of nitrogens with zero attached hydrogens (tertiary/aromatic N) is 1. The molecule has 4 heteroatoms. The number of hydrogen-bond acceptors (Lipinski definition) is 2. The number of anilines is 1. The Balaban J connectivity index is 1.77. The van der Waals surface area contributed by atoms with Gasteiger partial charge in [-0.15, -0.1) is 0 Å². The van der Waals surface area contributed by atoms with E-state index in [2.05, 4.69) is 11.4 Å². The highest BCUT2D eigenvalue weighted by molar-refractivity contribution is 6.16. The quantitative estimate of drug-likeness (QED) is 0.720. The Morgan fingerprint density at radius 1 is 1.10 bits per heavy atom. The first-order valence-corrected chi connectivity index (χ1v) is 10.9. The normalized spacial score (nSPS) is 22.2. The van der Waals surface area contributed by atoms with Gasteiger partial charge in [-0.3, -0.25) is 14.5 Å². The maximum atomic E-state index is 13.7. The van der Waals surface area contributed by atoms with Crippen molar-refractivity contribution in [2.75, 3.05) is 4.90 Å². The molecule has 0 radical (unpaired) electrons. The monoisotopic (exact) mass is 402 g/mol. The predicted octanol–water partition coefficient (Wildman–Crippen LogP) is 4.94. The minimum absolute atomic E-state index is 0.00987. The molecule has 156 valence electrons. The molecule has 0 aromatic heterocycles. The molecule has 4 rings (SSSR count). The second kappa shape index (κ2) is 8.10. The molecule has 0 spiro atoms. The van der Waals surface area contributed by atoms with Crippen LogP contribution in [0.5, 0.6) is 0 Å². The zero-order chi connectivity index (χ0) is 21.3. The lowest BCUT2D eigenvalue weighted by Crippen LogP contribution is -2.72. The van der Waals surface area contributed by atoms with E-state index in [9.17, 15) is 9.59 Å². The Bertz CT molecular complexity index is 989. The minimum Gasteiger partial charge on any atom is -0.351 e. The van der Waals surface area contributed by atoms with Gasteiger partial charge in [0.2, 0.25) is 5.91 Å². The Morgan fingerprint density at radius 2 is 1.80 bits per heavy atom. The van der Waals surface area contributed by atoms with Gasteiger partial charge in [-0.2, -0.15) is 0 Å². The molecule has 30 heavy (non-hydrogen) atoms.